The molecule has 0 spiro atoms. The van der Waals surface area contributed by atoms with Crippen LogP contribution in [0.2, 0.25) is 0 Å². The average molecular weight is 501 g/mol. The number of aliphatic hydroxyl groups excluding tert-OH is 2. The zero-order valence-corrected chi connectivity index (χ0v) is 20.4. The highest BCUT2D eigenvalue weighted by Gasteiger charge is 2.63. The normalized spacial score (nSPS) is 27.6. The molecule has 1 aromatic rings. The number of phenolic OH excluding ortho intramolecular Hbond substituents is 1. The van der Waals surface area contributed by atoms with Crippen molar-refractivity contribution in [3.8, 4) is 5.75 Å². The second-order valence-corrected chi connectivity index (χ2v) is 9.92. The number of nitrogens with zero attached hydrogens (tertiary/aromatic N) is 3. The zero-order valence-electron chi connectivity index (χ0n) is 20.4. The van der Waals surface area contributed by atoms with E-state index in [-0.39, 0.29) is 24.0 Å². The van der Waals surface area contributed by atoms with Gasteiger partial charge in [0.2, 0.25) is 11.5 Å². The van der Waals surface area contributed by atoms with Crippen LogP contribution in [0.3, 0.4) is 0 Å². The first-order valence-corrected chi connectivity index (χ1v) is 11.2. The summed E-state index contributed by atoms with van der Waals surface area (Å²) in [5, 5.41) is 56.0. The molecule has 3 aliphatic rings. The van der Waals surface area contributed by atoms with Crippen molar-refractivity contribution in [1.29, 1.82) is 0 Å². The van der Waals surface area contributed by atoms with Crippen molar-refractivity contribution in [2.45, 2.75) is 31.4 Å². The third kappa shape index (κ3) is 3.17. The van der Waals surface area contributed by atoms with Gasteiger partial charge in [-0.1, -0.05) is 0 Å². The van der Waals surface area contributed by atoms with Gasteiger partial charge in [-0.25, -0.2) is 0 Å². The summed E-state index contributed by atoms with van der Waals surface area (Å²) >= 11 is 0. The molecule has 0 unspecified atom stereocenters. The van der Waals surface area contributed by atoms with E-state index in [0.717, 1.165) is 13.0 Å². The summed E-state index contributed by atoms with van der Waals surface area (Å²) in [5.41, 5.74) is -4.15. The molecule has 0 amide bonds. The number of anilines is 1. The molecule has 4 rings (SSSR count). The predicted molar refractivity (Wildman–Crippen MR) is 126 cm³/mol. The Labute approximate surface area is 205 Å². The molecule has 0 fully saturated rings. The number of hydrogen-bond donors (Lipinski definition) is 4. The second kappa shape index (κ2) is 8.14. The van der Waals surface area contributed by atoms with Gasteiger partial charge in [0.25, 0.3) is 0 Å². The smallest absolute Gasteiger partial charge is 0.313 e. The van der Waals surface area contributed by atoms with Gasteiger partial charge in [0, 0.05) is 37.3 Å². The number of carbonyl (C=O) groups excluding carboxylic acids is 3. The van der Waals surface area contributed by atoms with Gasteiger partial charge in [0.15, 0.2) is 17.2 Å². The SMILES string of the molecule is CC(=O)C1=C(O)[C@@H](N(C)C)[C@@H]2C[C@@H]3Cc4c(N(C)C)cc([N+](=O)[O-])c(O)c4C(=O)C3=C(O)[C@]2(O)C1=O. The van der Waals surface area contributed by atoms with Crippen LogP contribution in [0.15, 0.2) is 28.7 Å². The molecule has 0 saturated heterocycles. The van der Waals surface area contributed by atoms with Gasteiger partial charge in [0.1, 0.15) is 17.1 Å². The Balaban J connectivity index is 2.01. The van der Waals surface area contributed by atoms with E-state index in [2.05, 4.69) is 0 Å². The quantitative estimate of drug-likeness (QED) is 0.264. The summed E-state index contributed by atoms with van der Waals surface area (Å²) < 4.78 is 0. The minimum absolute atomic E-state index is 0.0322. The molecule has 0 saturated carbocycles. The third-order valence-corrected chi connectivity index (χ3v) is 7.46. The van der Waals surface area contributed by atoms with E-state index >= 15 is 0 Å². The lowest BCUT2D eigenvalue weighted by Crippen LogP contribution is -2.63. The Kier molecular flexibility index (Phi) is 5.72. The first-order chi connectivity index (χ1) is 16.7. The van der Waals surface area contributed by atoms with E-state index in [1.807, 2.05) is 0 Å². The number of nitro groups is 1. The Morgan fingerprint density at radius 2 is 1.78 bits per heavy atom. The van der Waals surface area contributed by atoms with E-state index in [1.165, 1.54) is 4.90 Å². The summed E-state index contributed by atoms with van der Waals surface area (Å²) in [7, 11) is 6.40. The maximum atomic E-state index is 13.7. The summed E-state index contributed by atoms with van der Waals surface area (Å²) in [5.74, 6) is -7.21. The molecule has 12 nitrogen and oxygen atoms in total. The fourth-order valence-electron chi connectivity index (χ4n) is 5.93. The minimum atomic E-state index is -2.69. The molecule has 4 atom stereocenters. The van der Waals surface area contributed by atoms with Crippen molar-refractivity contribution in [3.05, 3.63) is 50.0 Å². The molecule has 12 heteroatoms. The number of fused-ring (bicyclic) bond motifs is 3. The summed E-state index contributed by atoms with van der Waals surface area (Å²) in [6, 6.07) is 0.140. The molecule has 192 valence electrons. The van der Waals surface area contributed by atoms with Crippen LogP contribution in [-0.4, -0.2) is 87.4 Å². The number of aromatic hydroxyl groups is 1. The van der Waals surface area contributed by atoms with Crippen LogP contribution in [0, 0.1) is 22.0 Å². The minimum Gasteiger partial charge on any atom is -0.510 e. The van der Waals surface area contributed by atoms with Gasteiger partial charge in [-0.15, -0.1) is 0 Å². The van der Waals surface area contributed by atoms with Crippen LogP contribution in [0.5, 0.6) is 5.75 Å². The highest BCUT2D eigenvalue weighted by atomic mass is 16.6. The monoisotopic (exact) mass is 501 g/mol. The molecule has 3 aliphatic carbocycles. The van der Waals surface area contributed by atoms with Crippen molar-refractivity contribution < 1.29 is 39.7 Å². The van der Waals surface area contributed by atoms with Crippen molar-refractivity contribution in [2.24, 2.45) is 11.8 Å². The maximum Gasteiger partial charge on any atom is 0.313 e. The second-order valence-electron chi connectivity index (χ2n) is 9.92. The van der Waals surface area contributed by atoms with Crippen molar-refractivity contribution >= 4 is 28.7 Å². The van der Waals surface area contributed by atoms with Crippen LogP contribution in [0.4, 0.5) is 11.4 Å². The van der Waals surface area contributed by atoms with Gasteiger partial charge in [-0.2, -0.15) is 0 Å². The number of allylic oxidation sites excluding steroid dienone is 1. The van der Waals surface area contributed by atoms with Gasteiger partial charge in [0.05, 0.1) is 16.5 Å². The third-order valence-electron chi connectivity index (χ3n) is 7.46. The number of likely N-dealkylation sites (N-methyl/N-ethyl adjacent to an activating group) is 1. The molecule has 0 bridgehead atoms. The molecular formula is C24H27N3O9. The summed E-state index contributed by atoms with van der Waals surface area (Å²) in [4.78, 5) is 53.0. The highest BCUT2D eigenvalue weighted by molar-refractivity contribution is 6.25. The zero-order chi connectivity index (χ0) is 27.0. The van der Waals surface area contributed by atoms with Crippen LogP contribution >= 0.6 is 0 Å². The molecule has 0 aliphatic heterocycles. The van der Waals surface area contributed by atoms with Crippen LogP contribution in [-0.2, 0) is 16.0 Å². The van der Waals surface area contributed by atoms with E-state index in [9.17, 15) is 44.9 Å². The number of phenols is 1. The number of hydrogen-bond acceptors (Lipinski definition) is 11. The molecule has 0 radical (unpaired) electrons. The molecule has 36 heavy (non-hydrogen) atoms. The molecule has 0 aromatic heterocycles. The number of benzene rings is 1. The first kappa shape index (κ1) is 25.3. The van der Waals surface area contributed by atoms with Gasteiger partial charge in [-0.05, 0) is 45.3 Å². The number of nitro benzene ring substituents is 1. The Morgan fingerprint density at radius 3 is 2.28 bits per heavy atom. The average Bonchev–Trinajstić information content (AvgIpc) is 2.75. The maximum absolute atomic E-state index is 13.7. The molecular weight excluding hydrogens is 474 g/mol. The lowest BCUT2D eigenvalue weighted by atomic mass is 9.58. The topological polar surface area (TPSA) is 182 Å². The van der Waals surface area contributed by atoms with Crippen LogP contribution < -0.4 is 4.90 Å². The number of Topliss-reactive ketones (excluding diaryl/α,β-unsaturated/α-hetero) is 3. The number of carbonyl (C=O) groups is 3. The lowest BCUT2D eigenvalue weighted by Gasteiger charge is -2.50. The first-order valence-electron chi connectivity index (χ1n) is 11.2. The van der Waals surface area contributed by atoms with E-state index in [4.69, 9.17) is 0 Å². The fourth-order valence-corrected chi connectivity index (χ4v) is 5.93. The van der Waals surface area contributed by atoms with E-state index in [0.29, 0.717) is 11.3 Å². The Hall–Kier alpha value is -3.77. The number of rotatable bonds is 4. The van der Waals surface area contributed by atoms with Crippen molar-refractivity contribution in [2.75, 3.05) is 33.1 Å². The van der Waals surface area contributed by atoms with Crippen molar-refractivity contribution in [1.82, 2.24) is 4.90 Å². The summed E-state index contributed by atoms with van der Waals surface area (Å²) in [6.07, 6.45) is 0.0278. The van der Waals surface area contributed by atoms with E-state index < -0.39 is 74.3 Å². The molecule has 4 N–H and O–H groups in total. The van der Waals surface area contributed by atoms with Gasteiger partial charge in [-0.3, -0.25) is 29.4 Å². The van der Waals surface area contributed by atoms with Crippen LogP contribution in [0.25, 0.3) is 0 Å². The fraction of sp³-hybridized carbons (Fsp3) is 0.458. The van der Waals surface area contributed by atoms with Gasteiger partial charge >= 0.3 is 5.69 Å². The van der Waals surface area contributed by atoms with Gasteiger partial charge < -0.3 is 25.3 Å². The van der Waals surface area contributed by atoms with E-state index in [1.54, 1.807) is 33.1 Å². The van der Waals surface area contributed by atoms with Crippen molar-refractivity contribution in [3.63, 3.8) is 0 Å². The predicted octanol–water partition coefficient (Wildman–Crippen LogP) is 1.20. The Bertz CT molecular complexity index is 1310. The standard InChI is InChI=1S/C24H27N3O9/c1-9(28)15-21(31)18(26(4)5)12-7-10-6-11-13(25(2)3)8-14(27(35)36)19(29)17(11)20(30)16(10)23(33)24(12,34)22(15)32/h8,10,12,18,29,31,33-34H,6-7H2,1-5H3/t10-,12-,18-,24+/m0/s1. The highest BCUT2D eigenvalue weighted by Crippen LogP contribution is 2.54. The number of ketones is 3. The molecule has 0 heterocycles. The largest absolute Gasteiger partial charge is 0.510 e. The van der Waals surface area contributed by atoms with Crippen LogP contribution in [0.1, 0.15) is 29.3 Å². The lowest BCUT2D eigenvalue weighted by molar-refractivity contribution is -0.385. The molecule has 1 aromatic carbocycles. The number of aliphatic hydroxyl groups is 3. The summed E-state index contributed by atoms with van der Waals surface area (Å²) in [6.45, 7) is 1.04. The Morgan fingerprint density at radius 1 is 1.17 bits per heavy atom.